The summed E-state index contributed by atoms with van der Waals surface area (Å²) in [5.41, 5.74) is 0. The van der Waals surface area contributed by atoms with Crippen LogP contribution in [0.5, 0.6) is 0 Å². The number of carbonyl (C=O) groups excluding carboxylic acids is 1. The first kappa shape index (κ1) is 13.2. The lowest BCUT2D eigenvalue weighted by Crippen LogP contribution is -2.56. The number of rotatable bonds is 1. The van der Waals surface area contributed by atoms with Crippen LogP contribution < -0.4 is 5.32 Å². The Bertz CT molecular complexity index is 270. The zero-order chi connectivity index (χ0) is 12.5. The van der Waals surface area contributed by atoms with Crippen molar-refractivity contribution in [2.24, 2.45) is 0 Å². The average molecular weight is 243 g/mol. The molecule has 0 radical (unpaired) electrons. The highest BCUT2D eigenvalue weighted by Gasteiger charge is 2.43. The summed E-state index contributed by atoms with van der Waals surface area (Å²) < 4.78 is 40.6. The number of aliphatic hydroxyl groups excluding tert-OH is 2. The number of amides is 1. The van der Waals surface area contributed by atoms with Crippen molar-refractivity contribution >= 4 is 5.91 Å². The highest BCUT2D eigenvalue weighted by molar-refractivity contribution is 5.82. The monoisotopic (exact) mass is 243 g/mol. The molecule has 0 spiro atoms. The lowest BCUT2D eigenvalue weighted by Gasteiger charge is -2.36. The topological polar surface area (TPSA) is 78.8 Å². The van der Waals surface area contributed by atoms with Gasteiger partial charge in [0, 0.05) is 6.42 Å². The molecule has 0 aromatic heterocycles. The molecule has 0 aliphatic carbocycles. The molecule has 1 amide bonds. The molecule has 8 heteroatoms. The summed E-state index contributed by atoms with van der Waals surface area (Å²) >= 11 is 0. The zero-order valence-corrected chi connectivity index (χ0v) is 8.36. The number of nitrogens with one attached hydrogen (secondary N) is 1. The van der Waals surface area contributed by atoms with Crippen LogP contribution in [0.15, 0.2) is 0 Å². The van der Waals surface area contributed by atoms with Gasteiger partial charge >= 0.3 is 12.1 Å². The van der Waals surface area contributed by atoms with Crippen molar-refractivity contribution in [3.05, 3.63) is 0 Å². The largest absolute Gasteiger partial charge is 0.471 e. The number of halogens is 3. The third kappa shape index (κ3) is 3.06. The Hall–Kier alpha value is -0.860. The molecular formula is C8H12F3NO4. The van der Waals surface area contributed by atoms with Crippen LogP contribution in [0.4, 0.5) is 13.2 Å². The van der Waals surface area contributed by atoms with Gasteiger partial charge in [-0.1, -0.05) is 0 Å². The molecule has 1 fully saturated rings. The van der Waals surface area contributed by atoms with E-state index >= 15 is 0 Å². The summed E-state index contributed by atoms with van der Waals surface area (Å²) in [5, 5.41) is 20.2. The molecule has 4 atom stereocenters. The van der Waals surface area contributed by atoms with Crippen molar-refractivity contribution in [1.29, 1.82) is 0 Å². The van der Waals surface area contributed by atoms with E-state index in [4.69, 9.17) is 9.84 Å². The Balaban J connectivity index is 2.62. The molecule has 1 saturated heterocycles. The normalized spacial score (nSPS) is 35.9. The van der Waals surface area contributed by atoms with E-state index in [-0.39, 0.29) is 6.42 Å². The first-order valence-electron chi connectivity index (χ1n) is 4.61. The molecule has 1 aliphatic rings. The first-order valence-corrected chi connectivity index (χ1v) is 4.61. The van der Waals surface area contributed by atoms with Crippen LogP contribution in [0.3, 0.4) is 0 Å². The summed E-state index contributed by atoms with van der Waals surface area (Å²) in [6, 6.07) is -1.17. The molecule has 1 aliphatic heterocycles. The minimum Gasteiger partial charge on any atom is -0.388 e. The summed E-state index contributed by atoms with van der Waals surface area (Å²) in [5.74, 6) is -2.14. The highest BCUT2D eigenvalue weighted by Crippen LogP contribution is 2.21. The van der Waals surface area contributed by atoms with Gasteiger partial charge in [-0.25, -0.2) is 0 Å². The van der Waals surface area contributed by atoms with Crippen LogP contribution in [0.1, 0.15) is 13.3 Å². The highest BCUT2D eigenvalue weighted by atomic mass is 19.4. The molecule has 1 rings (SSSR count). The second-order valence-electron chi connectivity index (χ2n) is 3.60. The summed E-state index contributed by atoms with van der Waals surface area (Å²) in [6.07, 6.45) is -8.71. The van der Waals surface area contributed by atoms with E-state index in [1.54, 1.807) is 5.32 Å². The van der Waals surface area contributed by atoms with Crippen molar-refractivity contribution in [3.8, 4) is 0 Å². The van der Waals surface area contributed by atoms with Gasteiger partial charge in [0.05, 0.1) is 12.1 Å². The van der Waals surface area contributed by atoms with E-state index in [1.165, 1.54) is 6.92 Å². The maximum Gasteiger partial charge on any atom is 0.471 e. The molecule has 94 valence electrons. The molecule has 1 unspecified atom stereocenters. The minimum absolute atomic E-state index is 0.284. The molecule has 5 nitrogen and oxygen atoms in total. The third-order valence-corrected chi connectivity index (χ3v) is 2.29. The van der Waals surface area contributed by atoms with Crippen LogP contribution in [-0.2, 0) is 9.53 Å². The number of hydrogen-bond donors (Lipinski definition) is 3. The first-order chi connectivity index (χ1) is 7.21. The quantitative estimate of drug-likeness (QED) is 0.581. The molecule has 0 aromatic rings. The number of aliphatic hydroxyl groups is 2. The van der Waals surface area contributed by atoms with Crippen molar-refractivity contribution in [2.75, 3.05) is 0 Å². The molecule has 0 saturated carbocycles. The number of hydrogen-bond acceptors (Lipinski definition) is 4. The van der Waals surface area contributed by atoms with E-state index in [9.17, 15) is 23.1 Å². The van der Waals surface area contributed by atoms with Crippen molar-refractivity contribution < 1.29 is 32.9 Å². The minimum atomic E-state index is -5.01. The summed E-state index contributed by atoms with van der Waals surface area (Å²) in [4.78, 5) is 10.6. The fourth-order valence-electron chi connectivity index (χ4n) is 1.46. The van der Waals surface area contributed by atoms with Gasteiger partial charge in [0.15, 0.2) is 6.29 Å². The van der Waals surface area contributed by atoms with Gasteiger partial charge in [-0.05, 0) is 6.92 Å². The van der Waals surface area contributed by atoms with Gasteiger partial charge in [0.25, 0.3) is 0 Å². The molecule has 0 bridgehead atoms. The Morgan fingerprint density at radius 3 is 2.50 bits per heavy atom. The Kier molecular flexibility index (Phi) is 3.76. The Labute approximate surface area is 89.2 Å². The van der Waals surface area contributed by atoms with Gasteiger partial charge < -0.3 is 20.3 Å². The van der Waals surface area contributed by atoms with Gasteiger partial charge in [-0.3, -0.25) is 4.79 Å². The summed E-state index contributed by atoms with van der Waals surface area (Å²) in [6.45, 7) is 1.39. The summed E-state index contributed by atoms with van der Waals surface area (Å²) in [7, 11) is 0. The lowest BCUT2D eigenvalue weighted by atomic mass is 9.99. The maximum absolute atomic E-state index is 11.9. The zero-order valence-electron chi connectivity index (χ0n) is 8.36. The molecular weight excluding hydrogens is 231 g/mol. The maximum atomic E-state index is 11.9. The fraction of sp³-hybridized carbons (Fsp3) is 0.875. The number of carbonyl (C=O) groups is 1. The third-order valence-electron chi connectivity index (χ3n) is 2.29. The van der Waals surface area contributed by atoms with E-state index in [0.29, 0.717) is 0 Å². The second kappa shape index (κ2) is 4.56. The van der Waals surface area contributed by atoms with E-state index in [1.807, 2.05) is 0 Å². The van der Waals surface area contributed by atoms with Crippen molar-refractivity contribution in [3.63, 3.8) is 0 Å². The number of alkyl halides is 3. The molecule has 1 heterocycles. The number of ether oxygens (including phenoxy) is 1. The predicted molar refractivity (Wildman–Crippen MR) is 45.2 cm³/mol. The smallest absolute Gasteiger partial charge is 0.388 e. The fourth-order valence-corrected chi connectivity index (χ4v) is 1.46. The predicted octanol–water partition coefficient (Wildman–Crippen LogP) is -0.478. The standard InChI is InChI=1S/C8H12F3NO4/c1-3-6(14)4(2-5(13)16-3)12-7(15)8(9,10)11/h3-6,13-14H,2H2,1H3,(H,12,15)/t3-,4-,5?,6-/m0/s1. The van der Waals surface area contributed by atoms with Crippen LogP contribution in [0.25, 0.3) is 0 Å². The molecule has 0 aromatic carbocycles. The van der Waals surface area contributed by atoms with Gasteiger partial charge in [-0.15, -0.1) is 0 Å². The van der Waals surface area contributed by atoms with Crippen molar-refractivity contribution in [2.45, 2.75) is 44.1 Å². The van der Waals surface area contributed by atoms with E-state index in [2.05, 4.69) is 0 Å². The Morgan fingerprint density at radius 2 is 2.00 bits per heavy atom. The van der Waals surface area contributed by atoms with Gasteiger partial charge in [-0.2, -0.15) is 13.2 Å². The lowest BCUT2D eigenvalue weighted by molar-refractivity contribution is -0.207. The van der Waals surface area contributed by atoms with E-state index in [0.717, 1.165) is 0 Å². The van der Waals surface area contributed by atoms with E-state index < -0.39 is 36.6 Å². The van der Waals surface area contributed by atoms with Crippen LogP contribution in [0, 0.1) is 0 Å². The van der Waals surface area contributed by atoms with Crippen LogP contribution >= 0.6 is 0 Å². The van der Waals surface area contributed by atoms with Gasteiger partial charge in [0.1, 0.15) is 6.10 Å². The van der Waals surface area contributed by atoms with Crippen LogP contribution in [0.2, 0.25) is 0 Å². The molecule has 16 heavy (non-hydrogen) atoms. The average Bonchev–Trinajstić information content (AvgIpc) is 2.11. The van der Waals surface area contributed by atoms with Crippen LogP contribution in [-0.4, -0.2) is 46.8 Å². The SMILES string of the molecule is C[C@@H]1OC(O)C[C@H](NC(=O)C(F)(F)F)[C@H]1O. The second-order valence-corrected chi connectivity index (χ2v) is 3.60. The Morgan fingerprint density at radius 1 is 1.44 bits per heavy atom. The van der Waals surface area contributed by atoms with Gasteiger partial charge in [0.2, 0.25) is 0 Å². The van der Waals surface area contributed by atoms with Crippen molar-refractivity contribution in [1.82, 2.24) is 5.32 Å². The molecule has 3 N–H and O–H groups in total.